The molecule has 0 aliphatic heterocycles. The molecule has 6 heteroatoms. The van der Waals surface area contributed by atoms with E-state index in [1.807, 2.05) is 0 Å². The Hall–Kier alpha value is -0.910. The number of alkyl halides is 3. The number of hydrogen-bond acceptors (Lipinski definition) is 2. The number of halogens is 4. The van der Waals surface area contributed by atoms with E-state index in [9.17, 15) is 13.2 Å². The molecule has 0 amide bonds. The third-order valence-electron chi connectivity index (χ3n) is 1.82. The van der Waals surface area contributed by atoms with Crippen LogP contribution in [0.2, 0.25) is 0 Å². The van der Waals surface area contributed by atoms with Crippen molar-refractivity contribution < 1.29 is 17.9 Å². The molecular formula is C10H11BrF3NO. The summed E-state index contributed by atoms with van der Waals surface area (Å²) in [5.41, 5.74) is 6.03. The first-order valence-electron chi connectivity index (χ1n) is 4.63. The van der Waals surface area contributed by atoms with Crippen LogP contribution in [-0.4, -0.2) is 12.8 Å². The first kappa shape index (κ1) is 13.2. The molecule has 0 heterocycles. The van der Waals surface area contributed by atoms with Crippen molar-refractivity contribution in [2.75, 3.05) is 12.3 Å². The van der Waals surface area contributed by atoms with E-state index in [0.717, 1.165) is 0 Å². The maximum Gasteiger partial charge on any atom is 0.389 e. The summed E-state index contributed by atoms with van der Waals surface area (Å²) in [5, 5.41) is 0. The third-order valence-corrected chi connectivity index (χ3v) is 2.47. The van der Waals surface area contributed by atoms with Crippen molar-refractivity contribution in [3.63, 3.8) is 0 Å². The molecule has 0 bridgehead atoms. The summed E-state index contributed by atoms with van der Waals surface area (Å²) in [5.74, 6) is 0.460. The van der Waals surface area contributed by atoms with Crippen molar-refractivity contribution in [1.29, 1.82) is 0 Å². The maximum atomic E-state index is 11.8. The Labute approximate surface area is 99.7 Å². The van der Waals surface area contributed by atoms with E-state index in [1.54, 1.807) is 18.2 Å². The van der Waals surface area contributed by atoms with E-state index in [1.165, 1.54) is 0 Å². The fourth-order valence-corrected chi connectivity index (χ4v) is 1.45. The topological polar surface area (TPSA) is 35.2 Å². The zero-order chi connectivity index (χ0) is 12.2. The Morgan fingerprint density at radius 3 is 2.62 bits per heavy atom. The summed E-state index contributed by atoms with van der Waals surface area (Å²) in [4.78, 5) is 0. The van der Waals surface area contributed by atoms with Gasteiger partial charge < -0.3 is 10.5 Å². The molecule has 0 radical (unpaired) electrons. The van der Waals surface area contributed by atoms with Gasteiger partial charge >= 0.3 is 6.18 Å². The molecule has 0 saturated carbocycles. The van der Waals surface area contributed by atoms with Crippen LogP contribution in [-0.2, 0) is 0 Å². The van der Waals surface area contributed by atoms with Crippen LogP contribution in [0, 0.1) is 0 Å². The van der Waals surface area contributed by atoms with Gasteiger partial charge in [-0.15, -0.1) is 0 Å². The minimum atomic E-state index is -4.13. The third kappa shape index (κ3) is 4.74. The highest BCUT2D eigenvalue weighted by Crippen LogP contribution is 2.28. The predicted molar refractivity (Wildman–Crippen MR) is 59.3 cm³/mol. The minimum absolute atomic E-state index is 0.0154. The second-order valence-corrected chi connectivity index (χ2v) is 4.11. The first-order valence-corrected chi connectivity index (χ1v) is 5.42. The molecule has 0 aliphatic carbocycles. The average Bonchev–Trinajstić information content (AvgIpc) is 2.16. The van der Waals surface area contributed by atoms with Gasteiger partial charge in [-0.1, -0.05) is 0 Å². The number of benzene rings is 1. The van der Waals surface area contributed by atoms with Gasteiger partial charge in [0.15, 0.2) is 0 Å². The molecule has 0 saturated heterocycles. The summed E-state index contributed by atoms with van der Waals surface area (Å²) in [6, 6.07) is 4.93. The Balaban J connectivity index is 2.40. The summed E-state index contributed by atoms with van der Waals surface area (Å²) in [6.45, 7) is 0.0154. The van der Waals surface area contributed by atoms with Gasteiger partial charge in [0.1, 0.15) is 5.75 Å². The molecule has 16 heavy (non-hydrogen) atoms. The Kier molecular flexibility index (Phi) is 4.46. The van der Waals surface area contributed by atoms with Crippen LogP contribution >= 0.6 is 15.9 Å². The molecule has 90 valence electrons. The lowest BCUT2D eigenvalue weighted by atomic mass is 10.3. The number of nitrogens with two attached hydrogens (primary N) is 1. The van der Waals surface area contributed by atoms with Crippen LogP contribution in [0.5, 0.6) is 5.75 Å². The highest BCUT2D eigenvalue weighted by molar-refractivity contribution is 9.10. The van der Waals surface area contributed by atoms with Gasteiger partial charge in [-0.25, -0.2) is 0 Å². The fourth-order valence-electron chi connectivity index (χ4n) is 1.09. The zero-order valence-corrected chi connectivity index (χ0v) is 9.94. The van der Waals surface area contributed by atoms with Crippen LogP contribution in [0.15, 0.2) is 22.7 Å². The minimum Gasteiger partial charge on any atom is -0.492 e. The molecule has 0 fully saturated rings. The maximum absolute atomic E-state index is 11.8. The Morgan fingerprint density at radius 2 is 2.00 bits per heavy atom. The molecule has 0 unspecified atom stereocenters. The van der Waals surface area contributed by atoms with Gasteiger partial charge in [-0.2, -0.15) is 13.2 Å². The van der Waals surface area contributed by atoms with Gasteiger partial charge in [-0.05, 0) is 34.5 Å². The van der Waals surface area contributed by atoms with Crippen molar-refractivity contribution >= 4 is 21.6 Å². The number of nitrogen functional groups attached to an aromatic ring is 1. The molecule has 0 spiro atoms. The lowest BCUT2D eigenvalue weighted by Gasteiger charge is -2.10. The lowest BCUT2D eigenvalue weighted by molar-refractivity contribution is -0.136. The first-order chi connectivity index (χ1) is 7.38. The van der Waals surface area contributed by atoms with Crippen molar-refractivity contribution in [2.24, 2.45) is 0 Å². The Bertz CT molecular complexity index is 354. The molecule has 1 aromatic rings. The van der Waals surface area contributed by atoms with Gasteiger partial charge in [0.05, 0.1) is 11.1 Å². The van der Waals surface area contributed by atoms with Gasteiger partial charge in [0.25, 0.3) is 0 Å². The normalized spacial score (nSPS) is 11.5. The van der Waals surface area contributed by atoms with E-state index in [-0.39, 0.29) is 13.0 Å². The van der Waals surface area contributed by atoms with Crippen molar-refractivity contribution in [1.82, 2.24) is 0 Å². The highest BCUT2D eigenvalue weighted by Gasteiger charge is 2.26. The quantitative estimate of drug-likeness (QED) is 0.678. The van der Waals surface area contributed by atoms with E-state index in [0.29, 0.717) is 15.9 Å². The largest absolute Gasteiger partial charge is 0.492 e. The van der Waals surface area contributed by atoms with Crippen LogP contribution < -0.4 is 10.5 Å². The smallest absolute Gasteiger partial charge is 0.389 e. The molecule has 0 aliphatic rings. The second kappa shape index (κ2) is 5.43. The molecule has 1 rings (SSSR count). The van der Waals surface area contributed by atoms with Crippen LogP contribution in [0.1, 0.15) is 12.8 Å². The fraction of sp³-hybridized carbons (Fsp3) is 0.400. The summed E-state index contributed by atoms with van der Waals surface area (Å²) in [6.07, 6.45) is -5.03. The average molecular weight is 298 g/mol. The molecule has 0 atom stereocenters. The lowest BCUT2D eigenvalue weighted by Crippen LogP contribution is -2.09. The number of anilines is 1. The molecular weight excluding hydrogens is 287 g/mol. The molecule has 2 nitrogen and oxygen atoms in total. The highest BCUT2D eigenvalue weighted by atomic mass is 79.9. The van der Waals surface area contributed by atoms with Gasteiger partial charge in [0, 0.05) is 18.2 Å². The summed E-state index contributed by atoms with van der Waals surface area (Å²) >= 11 is 3.22. The summed E-state index contributed by atoms with van der Waals surface area (Å²) < 4.78 is 41.4. The summed E-state index contributed by atoms with van der Waals surface area (Å²) in [7, 11) is 0. The van der Waals surface area contributed by atoms with Crippen molar-refractivity contribution in [3.05, 3.63) is 22.7 Å². The predicted octanol–water partition coefficient (Wildman–Crippen LogP) is 3.75. The number of hydrogen-bond donors (Lipinski definition) is 1. The monoisotopic (exact) mass is 297 g/mol. The van der Waals surface area contributed by atoms with Crippen LogP contribution in [0.25, 0.3) is 0 Å². The van der Waals surface area contributed by atoms with E-state index in [2.05, 4.69) is 15.9 Å². The van der Waals surface area contributed by atoms with Crippen LogP contribution in [0.4, 0.5) is 18.9 Å². The van der Waals surface area contributed by atoms with E-state index in [4.69, 9.17) is 10.5 Å². The molecule has 1 aromatic carbocycles. The van der Waals surface area contributed by atoms with Crippen molar-refractivity contribution in [2.45, 2.75) is 19.0 Å². The zero-order valence-electron chi connectivity index (χ0n) is 8.35. The van der Waals surface area contributed by atoms with E-state index < -0.39 is 12.6 Å². The number of rotatable bonds is 4. The van der Waals surface area contributed by atoms with Crippen LogP contribution in [0.3, 0.4) is 0 Å². The van der Waals surface area contributed by atoms with Crippen molar-refractivity contribution in [3.8, 4) is 5.75 Å². The van der Waals surface area contributed by atoms with Gasteiger partial charge in [0.2, 0.25) is 0 Å². The molecule has 2 N–H and O–H groups in total. The Morgan fingerprint density at radius 1 is 1.31 bits per heavy atom. The van der Waals surface area contributed by atoms with Gasteiger partial charge in [-0.3, -0.25) is 0 Å². The SMILES string of the molecule is Nc1ccc(Br)c(OCCCC(F)(F)F)c1. The standard InChI is InChI=1S/C10H11BrF3NO/c11-8-3-2-7(15)6-9(8)16-5-1-4-10(12,13)14/h2-3,6H,1,4-5,15H2. The second-order valence-electron chi connectivity index (χ2n) is 3.26. The molecule has 0 aromatic heterocycles. The van der Waals surface area contributed by atoms with E-state index >= 15 is 0 Å². The number of ether oxygens (including phenoxy) is 1.